The minimum Gasteiger partial charge on any atom is -0.358 e. The van der Waals surface area contributed by atoms with E-state index >= 15 is 0 Å². The first-order chi connectivity index (χ1) is 13.3. The van der Waals surface area contributed by atoms with Crippen LogP contribution in [0.15, 0.2) is 36.4 Å². The Labute approximate surface area is 166 Å². The lowest BCUT2D eigenvalue weighted by Crippen LogP contribution is -2.29. The van der Waals surface area contributed by atoms with Gasteiger partial charge in [0.05, 0.1) is 11.3 Å². The summed E-state index contributed by atoms with van der Waals surface area (Å²) in [6.45, 7) is 3.65. The van der Waals surface area contributed by atoms with Crippen LogP contribution in [0, 0.1) is 13.8 Å². The van der Waals surface area contributed by atoms with Crippen LogP contribution in [-0.2, 0) is 9.59 Å². The SMILES string of the molecule is Cc1ccc(NC(=O)c2c(C)[nH]c3ccc(Cl)cc23)cc1N1C(=O)CCC1=O. The number of halogens is 1. The molecule has 4 rings (SSSR count). The Morgan fingerprint density at radius 1 is 1.07 bits per heavy atom. The van der Waals surface area contributed by atoms with Crippen LogP contribution >= 0.6 is 11.6 Å². The van der Waals surface area contributed by atoms with Gasteiger partial charge in [-0.05, 0) is 49.7 Å². The molecule has 0 unspecified atom stereocenters. The van der Waals surface area contributed by atoms with E-state index < -0.39 is 0 Å². The van der Waals surface area contributed by atoms with Crippen molar-refractivity contribution >= 4 is 51.6 Å². The Hall–Kier alpha value is -3.12. The molecule has 6 nitrogen and oxygen atoms in total. The van der Waals surface area contributed by atoms with Crippen molar-refractivity contribution in [2.75, 3.05) is 10.2 Å². The second kappa shape index (κ2) is 6.80. The molecule has 7 heteroatoms. The second-order valence-corrected chi connectivity index (χ2v) is 7.33. The Morgan fingerprint density at radius 2 is 1.79 bits per heavy atom. The highest BCUT2D eigenvalue weighted by molar-refractivity contribution is 6.31. The largest absolute Gasteiger partial charge is 0.358 e. The van der Waals surface area contributed by atoms with Crippen molar-refractivity contribution in [1.29, 1.82) is 0 Å². The maximum Gasteiger partial charge on any atom is 0.258 e. The number of aromatic amines is 1. The number of aromatic nitrogens is 1. The maximum absolute atomic E-state index is 12.9. The molecule has 2 aromatic carbocycles. The number of carbonyl (C=O) groups is 3. The average Bonchev–Trinajstić information content (AvgIpc) is 3.14. The zero-order valence-corrected chi connectivity index (χ0v) is 16.2. The number of amides is 3. The van der Waals surface area contributed by atoms with Crippen molar-refractivity contribution in [1.82, 2.24) is 4.98 Å². The zero-order chi connectivity index (χ0) is 20.0. The number of H-pyrrole nitrogens is 1. The molecule has 2 heterocycles. The number of fused-ring (bicyclic) bond motifs is 1. The molecule has 1 aliphatic rings. The third-order valence-electron chi connectivity index (χ3n) is 4.93. The molecule has 0 aliphatic carbocycles. The summed E-state index contributed by atoms with van der Waals surface area (Å²) in [5.41, 5.74) is 3.86. The number of nitrogens with one attached hydrogen (secondary N) is 2. The third-order valence-corrected chi connectivity index (χ3v) is 5.17. The third kappa shape index (κ3) is 3.05. The first-order valence-electron chi connectivity index (χ1n) is 8.91. The van der Waals surface area contributed by atoms with E-state index in [1.807, 2.05) is 19.9 Å². The number of rotatable bonds is 3. The standard InChI is InChI=1S/C21H18ClN3O3/c1-11-3-5-14(10-17(11)25-18(26)7-8-19(25)27)24-21(28)20-12(2)23-16-6-4-13(22)9-15(16)20/h3-6,9-10,23H,7-8H2,1-2H3,(H,24,28). The first kappa shape index (κ1) is 18.3. The summed E-state index contributed by atoms with van der Waals surface area (Å²) in [5, 5.41) is 4.15. The van der Waals surface area contributed by atoms with Gasteiger partial charge in [0, 0.05) is 40.1 Å². The van der Waals surface area contributed by atoms with E-state index in [2.05, 4.69) is 10.3 Å². The molecule has 0 bridgehead atoms. The van der Waals surface area contributed by atoms with E-state index in [4.69, 9.17) is 11.6 Å². The summed E-state index contributed by atoms with van der Waals surface area (Å²) < 4.78 is 0. The average molecular weight is 396 g/mol. The van der Waals surface area contributed by atoms with E-state index in [-0.39, 0.29) is 30.6 Å². The highest BCUT2D eigenvalue weighted by atomic mass is 35.5. The van der Waals surface area contributed by atoms with E-state index in [1.54, 1.807) is 30.3 Å². The number of nitrogens with zero attached hydrogens (tertiary/aromatic N) is 1. The van der Waals surface area contributed by atoms with E-state index in [0.717, 1.165) is 22.2 Å². The molecule has 28 heavy (non-hydrogen) atoms. The Morgan fingerprint density at radius 3 is 2.50 bits per heavy atom. The normalized spacial score (nSPS) is 14.2. The Balaban J connectivity index is 1.69. The van der Waals surface area contributed by atoms with Gasteiger partial charge in [0.15, 0.2) is 0 Å². The predicted molar refractivity (Wildman–Crippen MR) is 109 cm³/mol. The van der Waals surface area contributed by atoms with E-state index in [9.17, 15) is 14.4 Å². The fourth-order valence-electron chi connectivity index (χ4n) is 3.56. The number of benzene rings is 2. The van der Waals surface area contributed by atoms with Crippen molar-refractivity contribution < 1.29 is 14.4 Å². The summed E-state index contributed by atoms with van der Waals surface area (Å²) >= 11 is 6.09. The molecular weight excluding hydrogens is 378 g/mol. The van der Waals surface area contributed by atoms with Crippen LogP contribution in [-0.4, -0.2) is 22.7 Å². The summed E-state index contributed by atoms with van der Waals surface area (Å²) in [6, 6.07) is 10.5. The number of carbonyl (C=O) groups excluding carboxylic acids is 3. The quantitative estimate of drug-likeness (QED) is 0.647. The molecule has 142 valence electrons. The topological polar surface area (TPSA) is 82.3 Å². The van der Waals surface area contributed by atoms with Gasteiger partial charge in [-0.1, -0.05) is 17.7 Å². The molecule has 1 aliphatic heterocycles. The van der Waals surface area contributed by atoms with Gasteiger partial charge in [-0.3, -0.25) is 19.3 Å². The molecule has 3 amide bonds. The van der Waals surface area contributed by atoms with Crippen LogP contribution in [0.1, 0.15) is 34.5 Å². The summed E-state index contributed by atoms with van der Waals surface area (Å²) in [6.07, 6.45) is 0.425. The second-order valence-electron chi connectivity index (χ2n) is 6.89. The van der Waals surface area contributed by atoms with Crippen LogP contribution in [0.3, 0.4) is 0 Å². The lowest BCUT2D eigenvalue weighted by atomic mass is 10.1. The molecule has 0 spiro atoms. The molecular formula is C21H18ClN3O3. The van der Waals surface area contributed by atoms with E-state index in [0.29, 0.717) is 22.0 Å². The lowest BCUT2D eigenvalue weighted by Gasteiger charge is -2.18. The minimum atomic E-state index is -0.292. The molecule has 1 saturated heterocycles. The molecule has 0 radical (unpaired) electrons. The van der Waals surface area contributed by atoms with Gasteiger partial charge in [0.2, 0.25) is 11.8 Å². The number of imide groups is 1. The van der Waals surface area contributed by atoms with Gasteiger partial charge in [-0.25, -0.2) is 0 Å². The van der Waals surface area contributed by atoms with Crippen LogP contribution in [0.5, 0.6) is 0 Å². The van der Waals surface area contributed by atoms with Crippen molar-refractivity contribution in [2.45, 2.75) is 26.7 Å². The highest BCUT2D eigenvalue weighted by Crippen LogP contribution is 2.30. The Kier molecular flexibility index (Phi) is 4.43. The predicted octanol–water partition coefficient (Wildman–Crippen LogP) is 4.34. The molecule has 2 N–H and O–H groups in total. The van der Waals surface area contributed by atoms with Gasteiger partial charge in [0.1, 0.15) is 0 Å². The monoisotopic (exact) mass is 395 g/mol. The molecule has 3 aromatic rings. The fraction of sp³-hybridized carbons (Fsp3) is 0.190. The fourth-order valence-corrected chi connectivity index (χ4v) is 3.73. The highest BCUT2D eigenvalue weighted by Gasteiger charge is 2.31. The van der Waals surface area contributed by atoms with Crippen molar-refractivity contribution in [3.05, 3.63) is 58.2 Å². The van der Waals surface area contributed by atoms with Crippen LogP contribution < -0.4 is 10.2 Å². The van der Waals surface area contributed by atoms with Crippen molar-refractivity contribution in [2.24, 2.45) is 0 Å². The summed E-state index contributed by atoms with van der Waals surface area (Å²) in [5.74, 6) is -0.739. The number of anilines is 2. The first-order valence-corrected chi connectivity index (χ1v) is 9.28. The van der Waals surface area contributed by atoms with Crippen molar-refractivity contribution in [3.8, 4) is 0 Å². The lowest BCUT2D eigenvalue weighted by molar-refractivity contribution is -0.121. The van der Waals surface area contributed by atoms with Crippen LogP contribution in [0.4, 0.5) is 11.4 Å². The van der Waals surface area contributed by atoms with Crippen LogP contribution in [0.2, 0.25) is 5.02 Å². The molecule has 1 aromatic heterocycles. The minimum absolute atomic E-state index is 0.212. The summed E-state index contributed by atoms with van der Waals surface area (Å²) in [7, 11) is 0. The molecule has 0 atom stereocenters. The van der Waals surface area contributed by atoms with Gasteiger partial charge >= 0.3 is 0 Å². The number of hydrogen-bond acceptors (Lipinski definition) is 3. The van der Waals surface area contributed by atoms with Gasteiger partial charge in [-0.15, -0.1) is 0 Å². The Bertz CT molecular complexity index is 1130. The number of hydrogen-bond donors (Lipinski definition) is 2. The van der Waals surface area contributed by atoms with Gasteiger partial charge < -0.3 is 10.3 Å². The molecule has 1 fully saturated rings. The van der Waals surface area contributed by atoms with E-state index in [1.165, 1.54) is 4.90 Å². The maximum atomic E-state index is 12.9. The zero-order valence-electron chi connectivity index (χ0n) is 15.4. The summed E-state index contributed by atoms with van der Waals surface area (Å²) in [4.78, 5) is 41.5. The number of aryl methyl sites for hydroxylation is 2. The van der Waals surface area contributed by atoms with Gasteiger partial charge in [-0.2, -0.15) is 0 Å². The van der Waals surface area contributed by atoms with Crippen LogP contribution in [0.25, 0.3) is 10.9 Å². The van der Waals surface area contributed by atoms with Gasteiger partial charge in [0.25, 0.3) is 5.91 Å². The smallest absolute Gasteiger partial charge is 0.258 e. The molecule has 0 saturated carbocycles. The van der Waals surface area contributed by atoms with Crippen molar-refractivity contribution in [3.63, 3.8) is 0 Å².